The summed E-state index contributed by atoms with van der Waals surface area (Å²) in [6, 6.07) is 44.4. The number of nitrogens with one attached hydrogen (secondary N) is 1. The van der Waals surface area contributed by atoms with Crippen LogP contribution in [-0.2, 0) is 45.3 Å². The average Bonchev–Trinajstić information content (AvgIpc) is 1.56. The Bertz CT molecular complexity index is 4350. The van der Waals surface area contributed by atoms with Gasteiger partial charge >= 0.3 is 0 Å². The maximum absolute atomic E-state index is 12.9. The van der Waals surface area contributed by atoms with Gasteiger partial charge in [-0.3, -0.25) is 19.6 Å². The SMILES string of the molecule is C=C1NCc2cc(C(C)C)ccc21.CC(C)N1C2CCC1COC2.CC(C)N1CC2CCC(C1)O2.CC(C)N1CCC1.CC(C)N1CCC2C(C1)C2(F)F.CC(C)N1CCC2CC2C1.CC(C)N1CCCOC(C)(C)C1.CC(C)N1Cc2ccccc2OC(C)(C)C1.CC(C)c1ccc2c(c1)COC2.CC(C)c1ccc2ccoc2c1.CC(C)c1ccc2occc2c1. The van der Waals surface area contributed by atoms with Crippen LogP contribution in [0.2, 0.25) is 0 Å². The molecule has 4 bridgehead atoms. The quantitative estimate of drug-likeness (QED) is 0.133. The van der Waals surface area contributed by atoms with Crippen LogP contribution in [-0.4, -0.2) is 210 Å². The second-order valence-electron chi connectivity index (χ2n) is 43.2. The van der Waals surface area contributed by atoms with Gasteiger partial charge in [0.05, 0.1) is 56.8 Å². The van der Waals surface area contributed by atoms with Gasteiger partial charge in [-0.15, -0.1) is 0 Å². The van der Waals surface area contributed by atoms with Gasteiger partial charge in [0.1, 0.15) is 22.5 Å². The highest BCUT2D eigenvalue weighted by Gasteiger charge is 2.69. The van der Waals surface area contributed by atoms with Crippen molar-refractivity contribution < 1.29 is 41.3 Å². The third-order valence-electron chi connectivity index (χ3n) is 28.4. The number of rotatable bonds is 11. The molecule has 5 aromatic carbocycles. The molecule has 11 aliphatic heterocycles. The Morgan fingerprint density at radius 1 is 0.422 bits per heavy atom. The zero-order chi connectivity index (χ0) is 93.1. The van der Waals surface area contributed by atoms with Crippen molar-refractivity contribution in [2.45, 2.75) is 371 Å². The van der Waals surface area contributed by atoms with Crippen LogP contribution >= 0.6 is 0 Å². The minimum atomic E-state index is -2.33. The molecular weight excluding hydrogens is 1600 g/mol. The second-order valence-corrected chi connectivity index (χ2v) is 43.2. The van der Waals surface area contributed by atoms with Crippen LogP contribution in [0.5, 0.6) is 5.75 Å². The van der Waals surface area contributed by atoms with Gasteiger partial charge in [0.15, 0.2) is 0 Å². The lowest BCUT2D eigenvalue weighted by Gasteiger charge is -2.37. The number of nitrogens with zero attached hydrogens (tertiary/aromatic N) is 7. The summed E-state index contributed by atoms with van der Waals surface area (Å²) in [5.41, 5.74) is 15.2. The molecule has 128 heavy (non-hydrogen) atoms. The van der Waals surface area contributed by atoms with Crippen molar-refractivity contribution in [3.63, 3.8) is 0 Å². The number of morpholine rings is 2. The molecule has 2 aliphatic carbocycles. The molecular formula is C111H174F2N8O7. The summed E-state index contributed by atoms with van der Waals surface area (Å²) < 4.78 is 64.8. The lowest BCUT2D eigenvalue weighted by atomic mass is 9.98. The largest absolute Gasteiger partial charge is 0.486 e. The number of hydrogen-bond donors (Lipinski definition) is 1. The van der Waals surface area contributed by atoms with Crippen molar-refractivity contribution in [2.24, 2.45) is 23.7 Å². The highest BCUT2D eigenvalue weighted by Crippen LogP contribution is 2.59. The molecule has 13 aliphatic rings. The number of alkyl halides is 2. The van der Waals surface area contributed by atoms with E-state index in [0.717, 1.165) is 137 Å². The first kappa shape index (κ1) is 104. The molecule has 10 fully saturated rings. The van der Waals surface area contributed by atoms with Gasteiger partial charge in [0, 0.05) is 159 Å². The van der Waals surface area contributed by atoms with E-state index < -0.39 is 5.92 Å². The van der Waals surface area contributed by atoms with E-state index >= 15 is 0 Å². The fraction of sp³-hybridized carbons (Fsp3) is 0.676. The fourth-order valence-electron chi connectivity index (χ4n) is 19.5. The number of ether oxygens (including phenoxy) is 5. The maximum atomic E-state index is 12.9. The van der Waals surface area contributed by atoms with Crippen LogP contribution in [0, 0.1) is 23.7 Å². The van der Waals surface area contributed by atoms with Crippen molar-refractivity contribution in [2.75, 3.05) is 91.8 Å². The topological polar surface area (TPSA) is 107 Å². The first-order chi connectivity index (χ1) is 60.6. The van der Waals surface area contributed by atoms with Crippen LogP contribution in [0.4, 0.5) is 8.78 Å². The molecule has 17 heteroatoms. The van der Waals surface area contributed by atoms with E-state index in [1.807, 2.05) is 24.3 Å². The Kier molecular flexibility index (Phi) is 39.2. The van der Waals surface area contributed by atoms with Gasteiger partial charge in [-0.25, -0.2) is 8.78 Å². The van der Waals surface area contributed by atoms with Crippen LogP contribution < -0.4 is 10.1 Å². The highest BCUT2D eigenvalue weighted by molar-refractivity contribution is 5.78. The number of halogens is 2. The van der Waals surface area contributed by atoms with Crippen molar-refractivity contribution in [3.05, 3.63) is 178 Å². The Balaban J connectivity index is 0.000000147. The lowest BCUT2D eigenvalue weighted by molar-refractivity contribution is -0.0480. The van der Waals surface area contributed by atoms with E-state index in [1.54, 1.807) is 12.5 Å². The molecule has 1 N–H and O–H groups in total. The van der Waals surface area contributed by atoms with E-state index in [-0.39, 0.29) is 23.0 Å². The van der Waals surface area contributed by atoms with E-state index in [1.165, 1.54) is 145 Å². The molecule has 7 aromatic rings. The number of benzene rings is 5. The summed E-state index contributed by atoms with van der Waals surface area (Å²) in [4.78, 5) is 17.4. The number of hydrogen-bond acceptors (Lipinski definition) is 15. The van der Waals surface area contributed by atoms with Gasteiger partial charge < -0.3 is 52.5 Å². The Labute approximate surface area is 775 Å². The van der Waals surface area contributed by atoms with Gasteiger partial charge in [-0.1, -0.05) is 135 Å². The third-order valence-corrected chi connectivity index (χ3v) is 28.4. The molecule has 0 spiro atoms. The zero-order valence-corrected chi connectivity index (χ0v) is 84.6. The van der Waals surface area contributed by atoms with Gasteiger partial charge in [0.2, 0.25) is 0 Å². The summed E-state index contributed by atoms with van der Waals surface area (Å²) >= 11 is 0. The normalized spacial score (nSPS) is 24.6. The highest BCUT2D eigenvalue weighted by atomic mass is 19.3. The summed E-state index contributed by atoms with van der Waals surface area (Å²) in [6.07, 6.45) is 16.1. The van der Waals surface area contributed by atoms with E-state index in [2.05, 4.69) is 311 Å². The van der Waals surface area contributed by atoms with E-state index in [9.17, 15) is 8.78 Å². The standard InChI is InChI=1S/C14H21NO.C12H15N.C11H14O.2C11H12O.C10H21NO.C9H15F2N.2C9H17NO.C9H17N.C6H13N/c1-11(2)15-9-12-7-5-6-8-13(12)16-14(3,4)10-15;1-8(2)10-4-5-12-9(3)13-7-11(12)6-10;1-8(2)9-3-4-10-6-12-7-11(10)5-9;1-8(2)9-3-4-11-10(7-9)5-6-12-11;1-8(2)10-4-3-9-5-6-12-11(9)7-10;1-9(2)11-6-5-7-12-10(3,4)8-11;1-6(2)12-4-3-7-8(5-12)9(7,10)11;1-7(2)10-8-3-4-9(10)6-11-5-8;1-7(2)10-5-8-3-4-9(6-10)11-8;1-7(2)10-4-3-8-5-9(8)6-10;1-6(2)7-4-3-5-7/h5-8,11H,9-10H2,1-4H3;4-6,8,13H,3,7H2,1-2H3;3-5,8H,6-7H2,1-2H3;2*3-8H,1-2H3;9H,5-8H2,1-4H3;6-8H,3-5H2,1-2H3;2*7-9H,3-6H2,1-2H3;7-9H,3-6H2,1-2H3;6H,3-5H2,1-2H3. The van der Waals surface area contributed by atoms with Crippen LogP contribution in [0.3, 0.4) is 0 Å². The Morgan fingerprint density at radius 3 is 1.52 bits per heavy atom. The maximum Gasteiger partial charge on any atom is 0.255 e. The smallest absolute Gasteiger partial charge is 0.255 e. The molecule has 15 nitrogen and oxygen atoms in total. The van der Waals surface area contributed by atoms with Crippen molar-refractivity contribution >= 4 is 27.6 Å². The van der Waals surface area contributed by atoms with E-state index in [4.69, 9.17) is 32.5 Å². The second kappa shape index (κ2) is 48.2. The summed E-state index contributed by atoms with van der Waals surface area (Å²) in [5.74, 6) is 2.71. The molecule has 0 amide bonds. The van der Waals surface area contributed by atoms with Crippen LogP contribution in [0.25, 0.3) is 27.6 Å². The molecule has 20 rings (SSSR count). The predicted molar refractivity (Wildman–Crippen MR) is 531 cm³/mol. The molecule has 8 saturated heterocycles. The van der Waals surface area contributed by atoms with Crippen molar-refractivity contribution in [1.29, 1.82) is 0 Å². The molecule has 714 valence electrons. The number of piperidine rings is 2. The van der Waals surface area contributed by atoms with Crippen LogP contribution in [0.15, 0.2) is 137 Å². The van der Waals surface area contributed by atoms with Crippen molar-refractivity contribution in [3.8, 4) is 5.75 Å². The van der Waals surface area contributed by atoms with Crippen molar-refractivity contribution in [1.82, 2.24) is 39.6 Å². The molecule has 8 unspecified atom stereocenters. The number of likely N-dealkylation sites (tertiary alicyclic amines) is 4. The van der Waals surface area contributed by atoms with Gasteiger partial charge in [0.25, 0.3) is 5.92 Å². The summed E-state index contributed by atoms with van der Waals surface area (Å²) in [7, 11) is 0. The molecule has 2 aromatic heterocycles. The third kappa shape index (κ3) is 30.7. The monoisotopic (exact) mass is 1770 g/mol. The predicted octanol–water partition coefficient (Wildman–Crippen LogP) is 25.1. The lowest BCUT2D eigenvalue weighted by Crippen LogP contribution is -2.49. The van der Waals surface area contributed by atoms with Crippen LogP contribution in [0.1, 0.15) is 312 Å². The first-order valence-corrected chi connectivity index (χ1v) is 50.1. The average molecular weight is 1770 g/mol. The number of furan rings is 2. The summed E-state index contributed by atoms with van der Waals surface area (Å²) in [5, 5.41) is 5.63. The molecule has 13 heterocycles. The van der Waals surface area contributed by atoms with Gasteiger partial charge in [-0.2, -0.15) is 0 Å². The molecule has 2 saturated carbocycles. The van der Waals surface area contributed by atoms with E-state index in [0.29, 0.717) is 79.1 Å². The molecule has 8 atom stereocenters. The summed E-state index contributed by atoms with van der Waals surface area (Å²) in [6.45, 7) is 80.4. The first-order valence-electron chi connectivity index (χ1n) is 50.1. The minimum Gasteiger partial charge on any atom is -0.486 e. The minimum absolute atomic E-state index is 0.0424. The molecule has 0 radical (unpaired) electrons. The number of para-hydroxylation sites is 1. The van der Waals surface area contributed by atoms with Gasteiger partial charge in [-0.05, 0) is 319 Å². The number of fused-ring (bicyclic) bond motifs is 11. The zero-order valence-electron chi connectivity index (χ0n) is 84.6. The Morgan fingerprint density at radius 2 is 0.953 bits per heavy atom. The Hall–Kier alpha value is -6.06. The fourth-order valence-corrected chi connectivity index (χ4v) is 19.5.